The summed E-state index contributed by atoms with van der Waals surface area (Å²) in [6.07, 6.45) is -5.13. The van der Waals surface area contributed by atoms with Gasteiger partial charge in [-0.25, -0.2) is 0 Å². The van der Waals surface area contributed by atoms with Crippen LogP contribution in [0.1, 0.15) is 28.7 Å². The third-order valence-corrected chi connectivity index (χ3v) is 4.35. The van der Waals surface area contributed by atoms with Crippen molar-refractivity contribution in [1.29, 1.82) is 0 Å². The lowest BCUT2D eigenvalue weighted by atomic mass is 9.86. The van der Waals surface area contributed by atoms with E-state index in [0.29, 0.717) is 12.1 Å². The van der Waals surface area contributed by atoms with Gasteiger partial charge in [0.15, 0.2) is 5.41 Å². The molecule has 1 aromatic heterocycles. The smallest absolute Gasteiger partial charge is 0.406 e. The molecule has 10 heteroatoms. The van der Waals surface area contributed by atoms with Gasteiger partial charge in [0.25, 0.3) is 5.91 Å². The molecule has 1 atom stereocenters. The predicted octanol–water partition coefficient (Wildman–Crippen LogP) is 1.58. The second-order valence-corrected chi connectivity index (χ2v) is 5.52. The molecule has 116 valence electrons. The number of hydrogen-bond donors (Lipinski definition) is 1. The molecule has 2 rings (SSSR count). The van der Waals surface area contributed by atoms with Crippen molar-refractivity contribution in [2.75, 3.05) is 13.1 Å². The average molecular weight is 323 g/mol. The van der Waals surface area contributed by atoms with Crippen molar-refractivity contribution in [3.05, 3.63) is 10.6 Å². The van der Waals surface area contributed by atoms with Crippen LogP contribution in [0.5, 0.6) is 0 Å². The number of halogens is 3. The fourth-order valence-corrected chi connectivity index (χ4v) is 2.98. The Kier molecular flexibility index (Phi) is 3.91. The lowest BCUT2D eigenvalue weighted by Crippen LogP contribution is -2.47. The third-order valence-electron chi connectivity index (χ3n) is 3.59. The number of aromatic nitrogens is 2. The largest absolute Gasteiger partial charge is 0.481 e. The molecule has 1 aliphatic heterocycles. The maximum atomic E-state index is 13.1. The number of amides is 1. The molecule has 0 aromatic carbocycles. The Hall–Kier alpha value is -1.71. The topological polar surface area (TPSA) is 83.4 Å². The van der Waals surface area contributed by atoms with Gasteiger partial charge in [0.05, 0.1) is 5.69 Å². The Morgan fingerprint density at radius 1 is 1.48 bits per heavy atom. The number of likely N-dealkylation sites (tertiary alicyclic amines) is 1. The minimum absolute atomic E-state index is 0.167. The van der Waals surface area contributed by atoms with Crippen LogP contribution in [0.25, 0.3) is 0 Å². The van der Waals surface area contributed by atoms with E-state index in [4.69, 9.17) is 5.11 Å². The van der Waals surface area contributed by atoms with Gasteiger partial charge in [0, 0.05) is 13.1 Å². The molecule has 1 aliphatic rings. The van der Waals surface area contributed by atoms with Crippen LogP contribution in [-0.4, -0.2) is 50.7 Å². The van der Waals surface area contributed by atoms with Gasteiger partial charge in [-0.05, 0) is 24.4 Å². The van der Waals surface area contributed by atoms with Crippen LogP contribution in [0.15, 0.2) is 0 Å². The SMILES string of the molecule is CCc1nnsc1C(=O)N1CCC(C(=O)O)(C(F)(F)F)C1. The van der Waals surface area contributed by atoms with Crippen LogP contribution < -0.4 is 0 Å². The number of aliphatic carboxylic acids is 1. The maximum absolute atomic E-state index is 13.1. The number of carbonyl (C=O) groups excluding carboxylic acids is 1. The van der Waals surface area contributed by atoms with Gasteiger partial charge in [0.2, 0.25) is 0 Å². The molecule has 1 saturated heterocycles. The number of nitrogens with zero attached hydrogens (tertiary/aromatic N) is 3. The van der Waals surface area contributed by atoms with Crippen molar-refractivity contribution in [2.24, 2.45) is 5.41 Å². The predicted molar refractivity (Wildman–Crippen MR) is 65.9 cm³/mol. The van der Waals surface area contributed by atoms with Crippen LogP contribution in [0.4, 0.5) is 13.2 Å². The molecular formula is C11H12F3N3O3S. The molecule has 0 spiro atoms. The quantitative estimate of drug-likeness (QED) is 0.913. The molecule has 6 nitrogen and oxygen atoms in total. The summed E-state index contributed by atoms with van der Waals surface area (Å²) in [5.74, 6) is -2.60. The fraction of sp³-hybridized carbons (Fsp3) is 0.636. The summed E-state index contributed by atoms with van der Waals surface area (Å²) in [7, 11) is 0. The van der Waals surface area contributed by atoms with E-state index >= 15 is 0 Å². The summed E-state index contributed by atoms with van der Waals surface area (Å²) in [4.78, 5) is 24.4. The number of hydrogen-bond acceptors (Lipinski definition) is 5. The molecule has 0 bridgehead atoms. The summed E-state index contributed by atoms with van der Waals surface area (Å²) in [5.41, 5.74) is -2.49. The lowest BCUT2D eigenvalue weighted by molar-refractivity contribution is -0.227. The summed E-state index contributed by atoms with van der Waals surface area (Å²) in [6.45, 7) is 0.603. The van der Waals surface area contributed by atoms with E-state index < -0.39 is 36.4 Å². The summed E-state index contributed by atoms with van der Waals surface area (Å²) < 4.78 is 42.8. The van der Waals surface area contributed by atoms with Gasteiger partial charge in [-0.2, -0.15) is 13.2 Å². The molecule has 1 N–H and O–H groups in total. The minimum atomic E-state index is -4.91. The molecule has 1 aromatic rings. The molecule has 0 saturated carbocycles. The van der Waals surface area contributed by atoms with E-state index in [9.17, 15) is 22.8 Å². The highest BCUT2D eigenvalue weighted by Gasteiger charge is 2.64. The van der Waals surface area contributed by atoms with Gasteiger partial charge in [0.1, 0.15) is 4.88 Å². The van der Waals surface area contributed by atoms with E-state index in [1.165, 1.54) is 0 Å². The second kappa shape index (κ2) is 5.24. The zero-order valence-corrected chi connectivity index (χ0v) is 11.8. The molecule has 1 amide bonds. The number of carboxylic acids is 1. The highest BCUT2D eigenvalue weighted by atomic mass is 32.1. The highest BCUT2D eigenvalue weighted by molar-refractivity contribution is 7.08. The van der Waals surface area contributed by atoms with Gasteiger partial charge in [-0.3, -0.25) is 9.59 Å². The summed E-state index contributed by atoms with van der Waals surface area (Å²) >= 11 is 0.804. The number of carbonyl (C=O) groups is 2. The van der Waals surface area contributed by atoms with E-state index in [-0.39, 0.29) is 11.4 Å². The normalized spacial score (nSPS) is 22.6. The van der Waals surface area contributed by atoms with E-state index in [2.05, 4.69) is 9.59 Å². The first-order valence-corrected chi connectivity index (χ1v) is 6.91. The molecule has 0 aliphatic carbocycles. The van der Waals surface area contributed by atoms with E-state index in [0.717, 1.165) is 16.4 Å². The Morgan fingerprint density at radius 3 is 2.62 bits per heavy atom. The molecule has 0 radical (unpaired) electrons. The van der Waals surface area contributed by atoms with Crippen molar-refractivity contribution in [3.63, 3.8) is 0 Å². The average Bonchev–Trinajstić information content (AvgIpc) is 3.04. The number of rotatable bonds is 3. The molecule has 2 heterocycles. The zero-order chi connectivity index (χ0) is 15.8. The first-order valence-electron chi connectivity index (χ1n) is 6.13. The molecule has 21 heavy (non-hydrogen) atoms. The fourth-order valence-electron chi connectivity index (χ4n) is 2.26. The molecule has 1 fully saturated rings. The number of aryl methyl sites for hydroxylation is 1. The lowest BCUT2D eigenvalue weighted by Gasteiger charge is -2.27. The highest BCUT2D eigenvalue weighted by Crippen LogP contribution is 2.46. The standard InChI is InChI=1S/C11H12F3N3O3S/c1-2-6-7(21-16-15-6)8(18)17-4-3-10(5-17,9(19)20)11(12,13)14/h2-5H2,1H3,(H,19,20). The second-order valence-electron chi connectivity index (χ2n) is 4.76. The zero-order valence-electron chi connectivity index (χ0n) is 11.0. The monoisotopic (exact) mass is 323 g/mol. The van der Waals surface area contributed by atoms with Crippen molar-refractivity contribution in [3.8, 4) is 0 Å². The Morgan fingerprint density at radius 2 is 2.14 bits per heavy atom. The first-order chi connectivity index (χ1) is 9.73. The Labute approximate surface area is 121 Å². The van der Waals surface area contributed by atoms with Crippen LogP contribution >= 0.6 is 11.5 Å². The maximum Gasteiger partial charge on any atom is 0.406 e. The van der Waals surface area contributed by atoms with E-state index in [1.54, 1.807) is 6.92 Å². The number of carboxylic acid groups (broad SMARTS) is 1. The van der Waals surface area contributed by atoms with Gasteiger partial charge >= 0.3 is 12.1 Å². The Balaban J connectivity index is 2.26. The minimum Gasteiger partial charge on any atom is -0.481 e. The van der Waals surface area contributed by atoms with Crippen molar-refractivity contribution in [2.45, 2.75) is 25.9 Å². The van der Waals surface area contributed by atoms with Crippen LogP contribution in [-0.2, 0) is 11.2 Å². The first kappa shape index (κ1) is 15.7. The van der Waals surface area contributed by atoms with E-state index in [1.807, 2.05) is 0 Å². The summed E-state index contributed by atoms with van der Waals surface area (Å²) in [5, 5.41) is 12.7. The third kappa shape index (κ3) is 2.47. The Bertz CT molecular complexity index is 575. The molecule has 1 unspecified atom stereocenters. The van der Waals surface area contributed by atoms with Crippen LogP contribution in [0, 0.1) is 5.41 Å². The van der Waals surface area contributed by atoms with Gasteiger partial charge in [-0.1, -0.05) is 11.4 Å². The van der Waals surface area contributed by atoms with Crippen molar-refractivity contribution >= 4 is 23.4 Å². The summed E-state index contributed by atoms with van der Waals surface area (Å²) in [6, 6.07) is 0. The molecular weight excluding hydrogens is 311 g/mol. The van der Waals surface area contributed by atoms with Gasteiger partial charge < -0.3 is 10.0 Å². The van der Waals surface area contributed by atoms with Gasteiger partial charge in [-0.15, -0.1) is 5.10 Å². The van der Waals surface area contributed by atoms with Crippen LogP contribution in [0.3, 0.4) is 0 Å². The van der Waals surface area contributed by atoms with Crippen molar-refractivity contribution < 1.29 is 27.9 Å². The van der Waals surface area contributed by atoms with Crippen LogP contribution in [0.2, 0.25) is 0 Å². The number of alkyl halides is 3. The van der Waals surface area contributed by atoms with Crippen molar-refractivity contribution in [1.82, 2.24) is 14.5 Å².